The van der Waals surface area contributed by atoms with Crippen LogP contribution in [0.1, 0.15) is 19.4 Å². The molecule has 0 unspecified atom stereocenters. The molecule has 1 rings (SSSR count). The first-order chi connectivity index (χ1) is 6.11. The molecule has 0 aromatic heterocycles. The van der Waals surface area contributed by atoms with Gasteiger partial charge in [-0.1, -0.05) is 26.0 Å². The summed E-state index contributed by atoms with van der Waals surface area (Å²) in [6.45, 7) is 4.82. The molecule has 0 saturated heterocycles. The normalized spacial score (nSPS) is 10.8. The lowest BCUT2D eigenvalue weighted by atomic mass is 10.2. The summed E-state index contributed by atoms with van der Waals surface area (Å²) in [5.74, 6) is -0.206. The predicted molar refractivity (Wildman–Crippen MR) is 56.1 cm³/mol. The van der Waals surface area contributed by atoms with Crippen molar-refractivity contribution in [3.63, 3.8) is 0 Å². The summed E-state index contributed by atoms with van der Waals surface area (Å²) < 4.78 is 13.6. The Balaban J connectivity index is 2.71. The van der Waals surface area contributed by atoms with Gasteiger partial charge in [-0.05, 0) is 27.6 Å². The summed E-state index contributed by atoms with van der Waals surface area (Å²) in [6, 6.07) is 5.48. The van der Waals surface area contributed by atoms with Gasteiger partial charge in [0.1, 0.15) is 5.82 Å². The molecule has 0 atom stereocenters. The number of benzene rings is 1. The third-order valence-corrected chi connectivity index (χ3v) is 2.62. The number of nitrogens with one attached hydrogen (secondary N) is 1. The van der Waals surface area contributed by atoms with Crippen molar-refractivity contribution in [2.24, 2.45) is 0 Å². The molecule has 0 saturated carbocycles. The molecule has 1 aromatic carbocycles. The number of hydrogen-bond acceptors (Lipinski definition) is 1. The third-order valence-electron chi connectivity index (χ3n) is 1.73. The quantitative estimate of drug-likeness (QED) is 0.864. The van der Waals surface area contributed by atoms with Crippen LogP contribution in [0.4, 0.5) is 4.39 Å². The molecule has 0 aliphatic heterocycles. The van der Waals surface area contributed by atoms with Gasteiger partial charge in [0.25, 0.3) is 0 Å². The van der Waals surface area contributed by atoms with Crippen molar-refractivity contribution >= 4 is 15.9 Å². The fourth-order valence-corrected chi connectivity index (χ4v) is 1.40. The van der Waals surface area contributed by atoms with E-state index in [1.165, 1.54) is 6.07 Å². The highest BCUT2D eigenvalue weighted by Crippen LogP contribution is 2.20. The van der Waals surface area contributed by atoms with Crippen LogP contribution in [0.25, 0.3) is 0 Å². The Morgan fingerprint density at radius 2 is 2.15 bits per heavy atom. The number of hydrogen-bond donors (Lipinski definition) is 1. The fraction of sp³-hybridized carbons (Fsp3) is 0.400. The molecule has 0 amide bonds. The second kappa shape index (κ2) is 4.72. The van der Waals surface area contributed by atoms with E-state index < -0.39 is 0 Å². The predicted octanol–water partition coefficient (Wildman–Crippen LogP) is 3.09. The second-order valence-electron chi connectivity index (χ2n) is 3.25. The monoisotopic (exact) mass is 245 g/mol. The van der Waals surface area contributed by atoms with Crippen LogP contribution in [0.15, 0.2) is 22.7 Å². The molecule has 1 aromatic rings. The molecule has 0 spiro atoms. The Kier molecular flexibility index (Phi) is 3.88. The van der Waals surface area contributed by atoms with Crippen molar-refractivity contribution in [2.45, 2.75) is 26.4 Å². The first kappa shape index (κ1) is 10.7. The van der Waals surface area contributed by atoms with Crippen LogP contribution in [0, 0.1) is 5.82 Å². The SMILES string of the molecule is CC(C)NCc1cccc(F)c1Br. The van der Waals surface area contributed by atoms with Gasteiger partial charge < -0.3 is 5.32 Å². The molecule has 3 heteroatoms. The van der Waals surface area contributed by atoms with Crippen molar-refractivity contribution in [1.29, 1.82) is 0 Å². The summed E-state index contributed by atoms with van der Waals surface area (Å²) in [6.07, 6.45) is 0. The van der Waals surface area contributed by atoms with Gasteiger partial charge in [-0.3, -0.25) is 0 Å². The van der Waals surface area contributed by atoms with Gasteiger partial charge in [-0.25, -0.2) is 4.39 Å². The van der Waals surface area contributed by atoms with Crippen molar-refractivity contribution < 1.29 is 4.39 Å². The first-order valence-corrected chi connectivity index (χ1v) is 5.07. The van der Waals surface area contributed by atoms with Gasteiger partial charge in [0.15, 0.2) is 0 Å². The van der Waals surface area contributed by atoms with Crippen LogP contribution in [0.2, 0.25) is 0 Å². The van der Waals surface area contributed by atoms with Gasteiger partial charge in [-0.15, -0.1) is 0 Å². The van der Waals surface area contributed by atoms with E-state index in [9.17, 15) is 4.39 Å². The lowest BCUT2D eigenvalue weighted by molar-refractivity contribution is 0.578. The van der Waals surface area contributed by atoms with Crippen LogP contribution in [0.3, 0.4) is 0 Å². The Morgan fingerprint density at radius 3 is 2.77 bits per heavy atom. The highest BCUT2D eigenvalue weighted by Gasteiger charge is 2.04. The van der Waals surface area contributed by atoms with Gasteiger partial charge >= 0.3 is 0 Å². The molecule has 0 aliphatic carbocycles. The van der Waals surface area contributed by atoms with Crippen LogP contribution in [-0.4, -0.2) is 6.04 Å². The van der Waals surface area contributed by atoms with Gasteiger partial charge in [-0.2, -0.15) is 0 Å². The molecule has 0 radical (unpaired) electrons. The van der Waals surface area contributed by atoms with Crippen molar-refractivity contribution in [3.05, 3.63) is 34.1 Å². The summed E-state index contributed by atoms with van der Waals surface area (Å²) in [7, 11) is 0. The molecule has 13 heavy (non-hydrogen) atoms. The minimum Gasteiger partial charge on any atom is -0.310 e. The molecule has 0 aliphatic rings. The second-order valence-corrected chi connectivity index (χ2v) is 4.04. The summed E-state index contributed by atoms with van der Waals surface area (Å²) >= 11 is 3.22. The van der Waals surface area contributed by atoms with E-state index in [0.717, 1.165) is 5.56 Å². The minimum atomic E-state index is -0.206. The molecular weight excluding hydrogens is 233 g/mol. The van der Waals surface area contributed by atoms with Gasteiger partial charge in [0.2, 0.25) is 0 Å². The smallest absolute Gasteiger partial charge is 0.137 e. The standard InChI is InChI=1S/C10H13BrFN/c1-7(2)13-6-8-4-3-5-9(12)10(8)11/h3-5,7,13H,6H2,1-2H3. The maximum absolute atomic E-state index is 13.0. The van der Waals surface area contributed by atoms with E-state index in [1.54, 1.807) is 6.07 Å². The highest BCUT2D eigenvalue weighted by molar-refractivity contribution is 9.10. The molecule has 1 N–H and O–H groups in total. The minimum absolute atomic E-state index is 0.206. The summed E-state index contributed by atoms with van der Waals surface area (Å²) in [5, 5.41) is 3.23. The Morgan fingerprint density at radius 1 is 1.46 bits per heavy atom. The fourth-order valence-electron chi connectivity index (χ4n) is 0.999. The molecule has 1 nitrogen and oxygen atoms in total. The van der Waals surface area contributed by atoms with Gasteiger partial charge in [0.05, 0.1) is 4.47 Å². The number of rotatable bonds is 3. The third kappa shape index (κ3) is 3.08. The van der Waals surface area contributed by atoms with Crippen molar-refractivity contribution in [3.8, 4) is 0 Å². The Labute approximate surface area is 86.5 Å². The maximum atomic E-state index is 13.0. The van der Waals surface area contributed by atoms with E-state index >= 15 is 0 Å². The van der Waals surface area contributed by atoms with E-state index in [1.807, 2.05) is 6.07 Å². The van der Waals surface area contributed by atoms with Crippen LogP contribution < -0.4 is 5.32 Å². The van der Waals surface area contributed by atoms with Gasteiger partial charge in [0, 0.05) is 12.6 Å². The van der Waals surface area contributed by atoms with E-state index in [-0.39, 0.29) is 5.82 Å². The average Bonchev–Trinajstić information content (AvgIpc) is 2.07. The topological polar surface area (TPSA) is 12.0 Å². The Hall–Kier alpha value is -0.410. The molecular formula is C10H13BrFN. The van der Waals surface area contributed by atoms with E-state index in [0.29, 0.717) is 17.1 Å². The summed E-state index contributed by atoms with van der Waals surface area (Å²) in [4.78, 5) is 0. The average molecular weight is 246 g/mol. The Bertz CT molecular complexity index is 286. The zero-order valence-corrected chi connectivity index (χ0v) is 9.36. The lowest BCUT2D eigenvalue weighted by Crippen LogP contribution is -2.22. The molecule has 0 heterocycles. The zero-order chi connectivity index (χ0) is 9.84. The molecule has 0 bridgehead atoms. The van der Waals surface area contributed by atoms with E-state index in [4.69, 9.17) is 0 Å². The first-order valence-electron chi connectivity index (χ1n) is 4.27. The highest BCUT2D eigenvalue weighted by atomic mass is 79.9. The maximum Gasteiger partial charge on any atom is 0.137 e. The summed E-state index contributed by atoms with van der Waals surface area (Å²) in [5.41, 5.74) is 0.953. The van der Waals surface area contributed by atoms with Crippen LogP contribution in [0.5, 0.6) is 0 Å². The zero-order valence-electron chi connectivity index (χ0n) is 7.77. The molecule has 72 valence electrons. The van der Waals surface area contributed by atoms with E-state index in [2.05, 4.69) is 35.1 Å². The van der Waals surface area contributed by atoms with Crippen LogP contribution in [-0.2, 0) is 6.54 Å². The lowest BCUT2D eigenvalue weighted by Gasteiger charge is -2.09. The number of halogens is 2. The van der Waals surface area contributed by atoms with Crippen LogP contribution >= 0.6 is 15.9 Å². The van der Waals surface area contributed by atoms with Crippen molar-refractivity contribution in [1.82, 2.24) is 5.32 Å². The van der Waals surface area contributed by atoms with Crippen molar-refractivity contribution in [2.75, 3.05) is 0 Å². The molecule has 0 fully saturated rings. The largest absolute Gasteiger partial charge is 0.310 e.